The third-order valence-corrected chi connectivity index (χ3v) is 5.68. The maximum atomic E-state index is 12.4. The molecular formula is C18H17NO2S2. The maximum Gasteiger partial charge on any atom is 0.251 e. The van der Waals surface area contributed by atoms with Crippen LogP contribution in [-0.2, 0) is 5.60 Å². The molecule has 0 unspecified atom stereocenters. The van der Waals surface area contributed by atoms with Crippen molar-refractivity contribution in [1.82, 2.24) is 5.32 Å². The third-order valence-electron chi connectivity index (χ3n) is 3.64. The number of amides is 1. The van der Waals surface area contributed by atoms with E-state index in [1.807, 2.05) is 60.1 Å². The van der Waals surface area contributed by atoms with Gasteiger partial charge < -0.3 is 10.4 Å². The van der Waals surface area contributed by atoms with Crippen LogP contribution in [0.15, 0.2) is 59.3 Å². The van der Waals surface area contributed by atoms with Crippen molar-refractivity contribution < 1.29 is 9.90 Å². The summed E-state index contributed by atoms with van der Waals surface area (Å²) in [4.78, 5) is 14.0. The highest BCUT2D eigenvalue weighted by Crippen LogP contribution is 2.35. The van der Waals surface area contributed by atoms with Gasteiger partial charge in [-0.05, 0) is 41.9 Å². The zero-order chi connectivity index (χ0) is 16.3. The summed E-state index contributed by atoms with van der Waals surface area (Å²) in [5.74, 6) is -0.180. The number of benzene rings is 1. The highest BCUT2D eigenvalue weighted by Gasteiger charge is 2.34. The van der Waals surface area contributed by atoms with Crippen LogP contribution in [0.25, 0.3) is 0 Å². The quantitative estimate of drug-likeness (QED) is 0.740. The topological polar surface area (TPSA) is 49.3 Å². The normalized spacial score (nSPS) is 11.4. The Hall–Kier alpha value is -1.95. The largest absolute Gasteiger partial charge is 0.377 e. The monoisotopic (exact) mass is 343 g/mol. The fourth-order valence-corrected chi connectivity index (χ4v) is 4.16. The van der Waals surface area contributed by atoms with Crippen molar-refractivity contribution in [2.24, 2.45) is 0 Å². The fraction of sp³-hybridized carbons (Fsp3) is 0.167. The number of aryl methyl sites for hydroxylation is 1. The lowest BCUT2D eigenvalue weighted by atomic mass is 9.99. The molecule has 0 bridgehead atoms. The summed E-state index contributed by atoms with van der Waals surface area (Å²) >= 11 is 2.97. The molecule has 0 fully saturated rings. The highest BCUT2D eigenvalue weighted by atomic mass is 32.1. The highest BCUT2D eigenvalue weighted by molar-refractivity contribution is 7.11. The number of rotatable bonds is 5. The molecule has 0 aliphatic heterocycles. The summed E-state index contributed by atoms with van der Waals surface area (Å²) in [6.07, 6.45) is 0. The molecule has 0 aliphatic carbocycles. The van der Waals surface area contributed by atoms with Gasteiger partial charge in [0.05, 0.1) is 6.54 Å². The lowest BCUT2D eigenvalue weighted by Gasteiger charge is -2.26. The Kier molecular flexibility index (Phi) is 4.61. The minimum atomic E-state index is -1.19. The van der Waals surface area contributed by atoms with Crippen LogP contribution in [0.2, 0.25) is 0 Å². The van der Waals surface area contributed by atoms with Crippen molar-refractivity contribution in [2.75, 3.05) is 6.54 Å². The molecule has 2 N–H and O–H groups in total. The van der Waals surface area contributed by atoms with Crippen LogP contribution in [0.4, 0.5) is 0 Å². The van der Waals surface area contributed by atoms with Crippen LogP contribution in [0.5, 0.6) is 0 Å². The third kappa shape index (κ3) is 3.37. The van der Waals surface area contributed by atoms with Crippen molar-refractivity contribution in [3.8, 4) is 0 Å². The summed E-state index contributed by atoms with van der Waals surface area (Å²) in [7, 11) is 0. The molecule has 0 saturated carbocycles. The molecule has 3 nitrogen and oxygen atoms in total. The van der Waals surface area contributed by atoms with Crippen LogP contribution in [0.1, 0.15) is 25.7 Å². The van der Waals surface area contributed by atoms with E-state index >= 15 is 0 Å². The number of thiophene rings is 2. The van der Waals surface area contributed by atoms with Crippen molar-refractivity contribution in [3.63, 3.8) is 0 Å². The number of carbonyl (C=O) groups is 1. The van der Waals surface area contributed by atoms with Crippen molar-refractivity contribution >= 4 is 28.6 Å². The zero-order valence-corrected chi connectivity index (χ0v) is 14.3. The van der Waals surface area contributed by atoms with Gasteiger partial charge in [0.1, 0.15) is 5.60 Å². The number of hydrogen-bond acceptors (Lipinski definition) is 4. The van der Waals surface area contributed by atoms with Gasteiger partial charge in [0.25, 0.3) is 5.91 Å². The smallest absolute Gasteiger partial charge is 0.251 e. The van der Waals surface area contributed by atoms with E-state index in [1.165, 1.54) is 22.7 Å². The van der Waals surface area contributed by atoms with E-state index in [4.69, 9.17) is 0 Å². The van der Waals surface area contributed by atoms with Gasteiger partial charge in [0.15, 0.2) is 0 Å². The second kappa shape index (κ2) is 6.66. The first kappa shape index (κ1) is 15.9. The Bertz CT molecular complexity index is 745. The molecule has 2 aromatic heterocycles. The molecule has 0 radical (unpaired) electrons. The minimum absolute atomic E-state index is 0.140. The molecule has 2 heterocycles. The molecular weight excluding hydrogens is 326 g/mol. The Morgan fingerprint density at radius 1 is 1.09 bits per heavy atom. The lowest BCUT2D eigenvalue weighted by molar-refractivity contribution is 0.0739. The van der Waals surface area contributed by atoms with Gasteiger partial charge >= 0.3 is 0 Å². The van der Waals surface area contributed by atoms with Gasteiger partial charge in [-0.3, -0.25) is 4.79 Å². The Balaban J connectivity index is 1.82. The average molecular weight is 343 g/mol. The molecule has 3 rings (SSSR count). The Labute approximate surface area is 143 Å². The number of aliphatic hydroxyl groups is 1. The van der Waals surface area contributed by atoms with E-state index in [0.29, 0.717) is 5.56 Å². The van der Waals surface area contributed by atoms with E-state index in [1.54, 1.807) is 6.07 Å². The van der Waals surface area contributed by atoms with E-state index in [2.05, 4.69) is 5.32 Å². The second-order valence-corrected chi connectivity index (χ2v) is 7.26. The van der Waals surface area contributed by atoms with Crippen LogP contribution >= 0.6 is 22.7 Å². The van der Waals surface area contributed by atoms with Crippen molar-refractivity contribution in [3.05, 3.63) is 80.2 Å². The molecule has 1 amide bonds. The first-order valence-electron chi connectivity index (χ1n) is 7.25. The Morgan fingerprint density at radius 3 is 2.26 bits per heavy atom. The molecule has 118 valence electrons. The van der Waals surface area contributed by atoms with E-state index in [0.717, 1.165) is 15.3 Å². The summed E-state index contributed by atoms with van der Waals surface area (Å²) in [6.45, 7) is 2.09. The van der Waals surface area contributed by atoms with Gasteiger partial charge in [-0.15, -0.1) is 22.7 Å². The van der Waals surface area contributed by atoms with Crippen LogP contribution in [0, 0.1) is 6.92 Å². The minimum Gasteiger partial charge on any atom is -0.377 e. The zero-order valence-electron chi connectivity index (χ0n) is 12.7. The first-order chi connectivity index (χ1) is 11.1. The predicted octanol–water partition coefficient (Wildman–Crippen LogP) is 3.78. The van der Waals surface area contributed by atoms with Gasteiger partial charge in [0, 0.05) is 15.3 Å². The first-order valence-corrected chi connectivity index (χ1v) is 9.01. The molecule has 23 heavy (non-hydrogen) atoms. The summed E-state index contributed by atoms with van der Waals surface area (Å²) in [5, 5.41) is 17.9. The van der Waals surface area contributed by atoms with Gasteiger partial charge in [-0.25, -0.2) is 0 Å². The molecule has 1 aromatic carbocycles. The average Bonchev–Trinajstić information content (AvgIpc) is 3.25. The van der Waals surface area contributed by atoms with Gasteiger partial charge in [-0.2, -0.15) is 0 Å². The van der Waals surface area contributed by atoms with Crippen molar-refractivity contribution in [2.45, 2.75) is 12.5 Å². The van der Waals surface area contributed by atoms with E-state index in [9.17, 15) is 9.90 Å². The molecule has 0 saturated heterocycles. The maximum absolute atomic E-state index is 12.4. The van der Waals surface area contributed by atoms with E-state index in [-0.39, 0.29) is 12.5 Å². The van der Waals surface area contributed by atoms with Crippen LogP contribution in [-0.4, -0.2) is 17.6 Å². The molecule has 0 aliphatic rings. The second-order valence-electron chi connectivity index (χ2n) is 5.37. The summed E-state index contributed by atoms with van der Waals surface area (Å²) in [6, 6.07) is 15.0. The lowest BCUT2D eigenvalue weighted by Crippen LogP contribution is -2.40. The molecule has 5 heteroatoms. The van der Waals surface area contributed by atoms with Gasteiger partial charge in [0.2, 0.25) is 0 Å². The number of nitrogens with one attached hydrogen (secondary N) is 1. The van der Waals surface area contributed by atoms with Crippen LogP contribution < -0.4 is 5.32 Å². The number of hydrogen-bond donors (Lipinski definition) is 2. The van der Waals surface area contributed by atoms with Gasteiger partial charge in [-0.1, -0.05) is 29.8 Å². The SMILES string of the molecule is Cc1cccc(C(=O)NCC(O)(c2cccs2)c2cccs2)c1. The molecule has 0 spiro atoms. The van der Waals surface area contributed by atoms with Crippen molar-refractivity contribution in [1.29, 1.82) is 0 Å². The summed E-state index contributed by atoms with van der Waals surface area (Å²) < 4.78 is 0. The van der Waals surface area contributed by atoms with E-state index < -0.39 is 5.60 Å². The molecule has 0 atom stereocenters. The van der Waals surface area contributed by atoms with Crippen LogP contribution in [0.3, 0.4) is 0 Å². The Morgan fingerprint density at radius 2 is 1.74 bits per heavy atom. The predicted molar refractivity (Wildman–Crippen MR) is 95.1 cm³/mol. The summed E-state index contributed by atoms with van der Waals surface area (Å²) in [5.41, 5.74) is 0.441. The number of carbonyl (C=O) groups excluding carboxylic acids is 1. The molecule has 3 aromatic rings. The standard InChI is InChI=1S/C18H17NO2S2/c1-13-5-2-6-14(11-13)17(20)19-12-18(21,15-7-3-9-22-15)16-8-4-10-23-16/h2-11,21H,12H2,1H3,(H,19,20). The fourth-order valence-electron chi connectivity index (χ4n) is 2.42.